The van der Waals surface area contributed by atoms with E-state index < -0.39 is 10.0 Å². The Labute approximate surface area is 138 Å². The van der Waals surface area contributed by atoms with Crippen LogP contribution < -0.4 is 4.72 Å². The fourth-order valence-corrected chi connectivity index (χ4v) is 5.42. The summed E-state index contributed by atoms with van der Waals surface area (Å²) >= 11 is 0. The molecule has 2 saturated carbocycles. The molecule has 2 aliphatic carbocycles. The summed E-state index contributed by atoms with van der Waals surface area (Å²) in [6.07, 6.45) is 8.22. The monoisotopic (exact) mass is 335 g/mol. The molecule has 4 nitrogen and oxygen atoms in total. The van der Waals surface area contributed by atoms with Crippen LogP contribution in [0.5, 0.6) is 0 Å². The summed E-state index contributed by atoms with van der Waals surface area (Å²) in [5.41, 5.74) is 0.534. The summed E-state index contributed by atoms with van der Waals surface area (Å²) < 4.78 is 28.0. The molecule has 2 fully saturated rings. The van der Waals surface area contributed by atoms with Gasteiger partial charge in [0.05, 0.1) is 4.90 Å². The van der Waals surface area contributed by atoms with Crippen molar-refractivity contribution in [2.75, 3.05) is 0 Å². The van der Waals surface area contributed by atoms with Gasteiger partial charge in [0.25, 0.3) is 0 Å². The Kier molecular flexibility index (Phi) is 4.87. The molecular weight excluding hydrogens is 310 g/mol. The Hall–Kier alpha value is -1.20. The molecule has 0 aromatic heterocycles. The highest BCUT2D eigenvalue weighted by atomic mass is 32.2. The van der Waals surface area contributed by atoms with Gasteiger partial charge in [-0.05, 0) is 50.2 Å². The molecule has 5 heteroatoms. The van der Waals surface area contributed by atoms with E-state index in [-0.39, 0.29) is 16.7 Å². The van der Waals surface area contributed by atoms with Gasteiger partial charge in [-0.3, -0.25) is 4.79 Å². The third-order valence-electron chi connectivity index (χ3n) is 5.43. The summed E-state index contributed by atoms with van der Waals surface area (Å²) in [6, 6.07) is 6.24. The first-order valence-electron chi connectivity index (χ1n) is 8.59. The number of benzene rings is 1. The number of sulfonamides is 1. The van der Waals surface area contributed by atoms with E-state index in [0.29, 0.717) is 11.5 Å². The molecule has 0 bridgehead atoms. The quantitative estimate of drug-likeness (QED) is 0.856. The Balaban J connectivity index is 1.67. The number of Topliss-reactive ketones (excluding diaryl/α,β-unsaturated/α-hetero) is 1. The van der Waals surface area contributed by atoms with Gasteiger partial charge >= 0.3 is 0 Å². The molecule has 0 saturated heterocycles. The second kappa shape index (κ2) is 6.73. The molecular formula is C18H25NO3S. The third kappa shape index (κ3) is 3.83. The van der Waals surface area contributed by atoms with E-state index in [4.69, 9.17) is 0 Å². The van der Waals surface area contributed by atoms with Gasteiger partial charge in [0, 0.05) is 11.6 Å². The van der Waals surface area contributed by atoms with Gasteiger partial charge in [-0.2, -0.15) is 0 Å². The van der Waals surface area contributed by atoms with E-state index in [1.165, 1.54) is 44.7 Å². The zero-order valence-corrected chi connectivity index (χ0v) is 14.4. The predicted octanol–water partition coefficient (Wildman–Crippen LogP) is 3.53. The van der Waals surface area contributed by atoms with Gasteiger partial charge in [0.15, 0.2) is 5.78 Å². The first-order valence-corrected chi connectivity index (χ1v) is 10.1. The van der Waals surface area contributed by atoms with Crippen LogP contribution in [0.15, 0.2) is 29.2 Å². The minimum atomic E-state index is -3.50. The molecule has 2 aliphatic rings. The van der Waals surface area contributed by atoms with Crippen molar-refractivity contribution in [1.29, 1.82) is 0 Å². The molecule has 0 aliphatic heterocycles. The summed E-state index contributed by atoms with van der Waals surface area (Å²) in [4.78, 5) is 11.5. The van der Waals surface area contributed by atoms with Gasteiger partial charge in [0.2, 0.25) is 10.0 Å². The number of ketones is 1. The highest BCUT2D eigenvalue weighted by Crippen LogP contribution is 2.40. The van der Waals surface area contributed by atoms with Gasteiger partial charge < -0.3 is 0 Å². The van der Waals surface area contributed by atoms with Crippen molar-refractivity contribution in [3.63, 3.8) is 0 Å². The van der Waals surface area contributed by atoms with Gasteiger partial charge in [0.1, 0.15) is 0 Å². The first kappa shape index (κ1) is 16.7. The zero-order chi connectivity index (χ0) is 16.4. The maximum absolute atomic E-state index is 12.5. The Morgan fingerprint density at radius 3 is 2.30 bits per heavy atom. The predicted molar refractivity (Wildman–Crippen MR) is 89.9 cm³/mol. The van der Waals surface area contributed by atoms with E-state index in [2.05, 4.69) is 4.72 Å². The van der Waals surface area contributed by atoms with Crippen molar-refractivity contribution in [1.82, 2.24) is 4.72 Å². The van der Waals surface area contributed by atoms with Gasteiger partial charge in [-0.25, -0.2) is 13.1 Å². The van der Waals surface area contributed by atoms with Crippen molar-refractivity contribution in [3.05, 3.63) is 29.8 Å². The van der Waals surface area contributed by atoms with Crippen LogP contribution in [0.2, 0.25) is 0 Å². The summed E-state index contributed by atoms with van der Waals surface area (Å²) in [6.45, 7) is 1.48. The lowest BCUT2D eigenvalue weighted by Gasteiger charge is -2.39. The van der Waals surface area contributed by atoms with E-state index in [1.807, 2.05) is 0 Å². The molecule has 1 N–H and O–H groups in total. The van der Waals surface area contributed by atoms with Crippen LogP contribution in [0.3, 0.4) is 0 Å². The first-order chi connectivity index (χ1) is 11.0. The van der Waals surface area contributed by atoms with Gasteiger partial charge in [-0.15, -0.1) is 0 Å². The molecule has 0 heterocycles. The second-order valence-corrected chi connectivity index (χ2v) is 8.73. The highest BCUT2D eigenvalue weighted by Gasteiger charge is 2.33. The number of nitrogens with one attached hydrogen (secondary N) is 1. The van der Waals surface area contributed by atoms with Gasteiger partial charge in [-0.1, -0.05) is 37.8 Å². The van der Waals surface area contributed by atoms with Crippen LogP contribution in [0.25, 0.3) is 0 Å². The van der Waals surface area contributed by atoms with Crippen LogP contribution in [0.4, 0.5) is 0 Å². The average Bonchev–Trinajstić information content (AvgIpc) is 2.54. The van der Waals surface area contributed by atoms with Crippen molar-refractivity contribution in [3.8, 4) is 0 Å². The number of hydrogen-bond donors (Lipinski definition) is 1. The Morgan fingerprint density at radius 1 is 1.00 bits per heavy atom. The largest absolute Gasteiger partial charge is 0.295 e. The lowest BCUT2D eigenvalue weighted by molar-refractivity contribution is 0.101. The van der Waals surface area contributed by atoms with Crippen molar-refractivity contribution < 1.29 is 13.2 Å². The van der Waals surface area contributed by atoms with E-state index in [0.717, 1.165) is 25.2 Å². The fraction of sp³-hybridized carbons (Fsp3) is 0.611. The number of fused-ring (bicyclic) bond motifs is 1. The maximum atomic E-state index is 12.5. The smallest absolute Gasteiger partial charge is 0.240 e. The van der Waals surface area contributed by atoms with Crippen LogP contribution in [0.1, 0.15) is 62.2 Å². The molecule has 23 heavy (non-hydrogen) atoms. The van der Waals surface area contributed by atoms with Crippen LogP contribution in [-0.4, -0.2) is 20.2 Å². The second-order valence-electron chi connectivity index (χ2n) is 7.02. The third-order valence-corrected chi connectivity index (χ3v) is 6.97. The molecule has 0 radical (unpaired) electrons. The number of hydrogen-bond acceptors (Lipinski definition) is 3. The van der Waals surface area contributed by atoms with Crippen LogP contribution in [0, 0.1) is 11.8 Å². The SMILES string of the molecule is CC(=O)c1ccc(S(=O)(=O)N[C@@H]2CC[C@H]3CCCC[C@@H]3C2)cc1. The maximum Gasteiger partial charge on any atom is 0.240 e. The topological polar surface area (TPSA) is 63.2 Å². The molecule has 126 valence electrons. The lowest BCUT2D eigenvalue weighted by Crippen LogP contribution is -2.41. The molecule has 1 aromatic rings. The standard InChI is InChI=1S/C18H25NO3S/c1-13(20)14-7-10-18(11-8-14)23(21,22)19-17-9-6-15-4-2-3-5-16(15)12-17/h7-8,10-11,15-17,19H,2-6,9,12H2,1H3/t15-,16-,17-/m1/s1. The number of carbonyl (C=O) groups excluding carboxylic acids is 1. The Bertz CT molecular complexity index is 666. The van der Waals surface area contributed by atoms with E-state index >= 15 is 0 Å². The molecule has 3 atom stereocenters. The van der Waals surface area contributed by atoms with Crippen molar-refractivity contribution >= 4 is 15.8 Å². The molecule has 0 spiro atoms. The summed E-state index contributed by atoms with van der Waals surface area (Å²) in [7, 11) is -3.50. The van der Waals surface area contributed by atoms with Crippen molar-refractivity contribution in [2.24, 2.45) is 11.8 Å². The average molecular weight is 335 g/mol. The number of rotatable bonds is 4. The fourth-order valence-electron chi connectivity index (χ4n) is 4.14. The van der Waals surface area contributed by atoms with Crippen LogP contribution in [-0.2, 0) is 10.0 Å². The summed E-state index contributed by atoms with van der Waals surface area (Å²) in [5.74, 6) is 1.43. The zero-order valence-electron chi connectivity index (χ0n) is 13.6. The van der Waals surface area contributed by atoms with E-state index in [9.17, 15) is 13.2 Å². The lowest BCUT2D eigenvalue weighted by atomic mass is 9.70. The van der Waals surface area contributed by atoms with Crippen molar-refractivity contribution in [2.45, 2.75) is 62.8 Å². The molecule has 3 rings (SSSR count). The minimum absolute atomic E-state index is 0.0480. The summed E-state index contributed by atoms with van der Waals surface area (Å²) in [5, 5.41) is 0. The minimum Gasteiger partial charge on any atom is -0.295 e. The Morgan fingerprint density at radius 2 is 1.65 bits per heavy atom. The molecule has 1 aromatic carbocycles. The van der Waals surface area contributed by atoms with Crippen LogP contribution >= 0.6 is 0 Å². The van der Waals surface area contributed by atoms with E-state index in [1.54, 1.807) is 12.1 Å². The normalized spacial score (nSPS) is 28.1. The molecule has 0 amide bonds. The number of carbonyl (C=O) groups is 1. The molecule has 0 unspecified atom stereocenters. The highest BCUT2D eigenvalue weighted by molar-refractivity contribution is 7.89.